The van der Waals surface area contributed by atoms with Gasteiger partial charge in [0.2, 0.25) is 0 Å². The summed E-state index contributed by atoms with van der Waals surface area (Å²) >= 11 is 19.0. The van der Waals surface area contributed by atoms with Crippen molar-refractivity contribution < 1.29 is 5.11 Å². The summed E-state index contributed by atoms with van der Waals surface area (Å²) in [7, 11) is 0. The number of hydrogen-bond donors (Lipinski definition) is 1. The Balaban J connectivity index is 1.98. The zero-order valence-corrected chi connectivity index (χ0v) is 15.7. The van der Waals surface area contributed by atoms with Crippen LogP contribution in [0.2, 0.25) is 15.1 Å². The summed E-state index contributed by atoms with van der Waals surface area (Å²) in [6.07, 6.45) is 8.21. The number of phenolic OH excluding ortho intramolecular Hbond substituents is 1. The summed E-state index contributed by atoms with van der Waals surface area (Å²) in [6, 6.07) is 12.9. The van der Waals surface area contributed by atoms with E-state index in [1.54, 1.807) is 24.5 Å². The van der Waals surface area contributed by atoms with Crippen LogP contribution in [0, 0.1) is 6.08 Å². The molecule has 0 aliphatic carbocycles. The third-order valence-electron chi connectivity index (χ3n) is 4.43. The topological polar surface area (TPSA) is 33.1 Å². The minimum atomic E-state index is 0.115. The summed E-state index contributed by atoms with van der Waals surface area (Å²) in [5, 5.41) is 12.1. The van der Waals surface area contributed by atoms with Crippen LogP contribution in [-0.4, -0.2) is 10.1 Å². The third kappa shape index (κ3) is 2.78. The van der Waals surface area contributed by atoms with Crippen LogP contribution in [0.25, 0.3) is 0 Å². The second-order valence-corrected chi connectivity index (χ2v) is 7.30. The van der Waals surface area contributed by atoms with E-state index in [0.29, 0.717) is 33.0 Å². The SMILES string of the molecule is Oc1cccc2c1[N+](Cc1ccc(Cl)cc1)(c1c(Cl)cncc1Cl)C=[C]2. The monoisotopic (exact) mass is 402 g/mol. The second-order valence-electron chi connectivity index (χ2n) is 6.05. The first kappa shape index (κ1) is 17.4. The summed E-state index contributed by atoms with van der Waals surface area (Å²) < 4.78 is 0.115. The van der Waals surface area contributed by atoms with Gasteiger partial charge in [-0.15, -0.1) is 0 Å². The van der Waals surface area contributed by atoms with Crippen molar-refractivity contribution in [3.05, 3.63) is 93.3 Å². The highest BCUT2D eigenvalue weighted by molar-refractivity contribution is 6.39. The molecular weight excluding hydrogens is 391 g/mol. The van der Waals surface area contributed by atoms with Gasteiger partial charge in [0.1, 0.15) is 22.8 Å². The summed E-state index contributed by atoms with van der Waals surface area (Å²) in [5.74, 6) is 0.154. The zero-order chi connectivity index (χ0) is 18.3. The molecule has 2 heterocycles. The number of quaternary nitrogens is 1. The summed E-state index contributed by atoms with van der Waals surface area (Å²) in [6.45, 7) is 0.484. The molecule has 0 saturated heterocycles. The molecule has 1 aliphatic heterocycles. The normalized spacial score (nSPS) is 18.1. The largest absolute Gasteiger partial charge is 0.503 e. The van der Waals surface area contributed by atoms with Crippen LogP contribution < -0.4 is 4.48 Å². The van der Waals surface area contributed by atoms with Crippen molar-refractivity contribution in [2.75, 3.05) is 0 Å². The highest BCUT2D eigenvalue weighted by atomic mass is 35.5. The lowest BCUT2D eigenvalue weighted by Crippen LogP contribution is -2.36. The van der Waals surface area contributed by atoms with Gasteiger partial charge in [0.25, 0.3) is 0 Å². The number of rotatable bonds is 3. The number of nitrogens with zero attached hydrogens (tertiary/aromatic N) is 2. The van der Waals surface area contributed by atoms with Gasteiger partial charge in [-0.05, 0) is 24.3 Å². The minimum absolute atomic E-state index is 0.115. The molecule has 1 atom stereocenters. The van der Waals surface area contributed by atoms with Gasteiger partial charge >= 0.3 is 0 Å². The molecule has 0 amide bonds. The van der Waals surface area contributed by atoms with Crippen molar-refractivity contribution in [2.45, 2.75) is 6.54 Å². The van der Waals surface area contributed by atoms with E-state index in [-0.39, 0.29) is 10.2 Å². The quantitative estimate of drug-likeness (QED) is 0.523. The van der Waals surface area contributed by atoms with Crippen molar-refractivity contribution in [1.29, 1.82) is 0 Å². The zero-order valence-electron chi connectivity index (χ0n) is 13.5. The van der Waals surface area contributed by atoms with Gasteiger partial charge in [-0.25, -0.2) is 4.48 Å². The van der Waals surface area contributed by atoms with E-state index in [1.807, 2.05) is 36.5 Å². The number of aromatic nitrogens is 1. The Kier molecular flexibility index (Phi) is 4.41. The molecule has 1 radical (unpaired) electrons. The van der Waals surface area contributed by atoms with E-state index in [4.69, 9.17) is 34.8 Å². The fourth-order valence-corrected chi connectivity index (χ4v) is 4.15. The average molecular weight is 404 g/mol. The van der Waals surface area contributed by atoms with Crippen LogP contribution in [0.1, 0.15) is 11.1 Å². The molecule has 129 valence electrons. The Morgan fingerprint density at radius 2 is 1.62 bits per heavy atom. The van der Waals surface area contributed by atoms with Crippen LogP contribution >= 0.6 is 34.8 Å². The Morgan fingerprint density at radius 1 is 0.923 bits per heavy atom. The van der Waals surface area contributed by atoms with E-state index in [0.717, 1.165) is 11.1 Å². The first-order chi connectivity index (χ1) is 12.5. The fraction of sp³-hybridized carbons (Fsp3) is 0.0500. The first-order valence-corrected chi connectivity index (χ1v) is 9.00. The molecule has 26 heavy (non-hydrogen) atoms. The van der Waals surface area contributed by atoms with Crippen molar-refractivity contribution in [3.8, 4) is 5.75 Å². The maximum absolute atomic E-state index is 10.6. The molecule has 0 bridgehead atoms. The molecule has 6 heteroatoms. The standard InChI is InChI=1S/C20H12Cl3N2O/c21-15-6-4-13(5-7-15)12-25(20-16(22)10-24-11-17(20)23)9-8-14-2-1-3-18(26)19(14)25/h1-7,9-11H,12H2/p+1. The van der Waals surface area contributed by atoms with Crippen molar-refractivity contribution >= 4 is 46.2 Å². The molecule has 1 aromatic heterocycles. The van der Waals surface area contributed by atoms with Crippen molar-refractivity contribution in [2.24, 2.45) is 0 Å². The van der Waals surface area contributed by atoms with E-state index >= 15 is 0 Å². The number of para-hydroxylation sites is 1. The lowest BCUT2D eigenvalue weighted by atomic mass is 10.1. The molecule has 4 rings (SSSR count). The molecule has 2 aromatic carbocycles. The van der Waals surface area contributed by atoms with Crippen molar-refractivity contribution in [3.63, 3.8) is 0 Å². The van der Waals surface area contributed by atoms with E-state index in [1.165, 1.54) is 0 Å². The van der Waals surface area contributed by atoms with E-state index in [9.17, 15) is 5.11 Å². The minimum Gasteiger partial charge on any atom is -0.503 e. The smallest absolute Gasteiger partial charge is 0.193 e. The Hall–Kier alpha value is -2.04. The number of benzene rings is 2. The predicted octanol–water partition coefficient (Wildman–Crippen LogP) is 6.27. The van der Waals surface area contributed by atoms with Crippen molar-refractivity contribution in [1.82, 2.24) is 9.47 Å². The summed E-state index contributed by atoms with van der Waals surface area (Å²) in [5.41, 5.74) is 3.12. The molecule has 1 N–H and O–H groups in total. The predicted molar refractivity (Wildman–Crippen MR) is 106 cm³/mol. The molecule has 0 fully saturated rings. The number of halogens is 3. The number of phenols is 1. The van der Waals surface area contributed by atoms with Crippen LogP contribution in [0.3, 0.4) is 0 Å². The third-order valence-corrected chi connectivity index (χ3v) is 5.23. The van der Waals surface area contributed by atoms with Gasteiger partial charge < -0.3 is 5.11 Å². The number of pyridine rings is 1. The number of aromatic hydroxyl groups is 1. The Labute approximate surface area is 166 Å². The maximum atomic E-state index is 10.6. The molecule has 0 saturated carbocycles. The molecular formula is C20H13Cl3N2O+. The van der Waals surface area contributed by atoms with Crippen LogP contribution in [-0.2, 0) is 6.54 Å². The highest BCUT2D eigenvalue weighted by Crippen LogP contribution is 2.52. The van der Waals surface area contributed by atoms with Gasteiger partial charge in [-0.1, -0.05) is 53.0 Å². The number of fused-ring (bicyclic) bond motifs is 1. The number of hydrogen-bond acceptors (Lipinski definition) is 2. The summed E-state index contributed by atoms with van der Waals surface area (Å²) in [4.78, 5) is 4.06. The van der Waals surface area contributed by atoms with Crippen LogP contribution in [0.4, 0.5) is 11.4 Å². The maximum Gasteiger partial charge on any atom is 0.193 e. The van der Waals surface area contributed by atoms with Gasteiger partial charge in [-0.2, -0.15) is 0 Å². The van der Waals surface area contributed by atoms with Gasteiger partial charge in [-0.3, -0.25) is 4.98 Å². The lowest BCUT2D eigenvalue weighted by Gasteiger charge is -2.33. The first-order valence-electron chi connectivity index (χ1n) is 7.86. The Bertz CT molecular complexity index is 998. The molecule has 3 nitrogen and oxygen atoms in total. The fourth-order valence-electron chi connectivity index (χ4n) is 3.36. The molecule has 0 spiro atoms. The van der Waals surface area contributed by atoms with E-state index < -0.39 is 0 Å². The second kappa shape index (κ2) is 6.60. The highest BCUT2D eigenvalue weighted by Gasteiger charge is 2.43. The van der Waals surface area contributed by atoms with Gasteiger partial charge in [0, 0.05) is 10.6 Å². The van der Waals surface area contributed by atoms with Gasteiger partial charge in [0.05, 0.1) is 24.0 Å². The average Bonchev–Trinajstić information content (AvgIpc) is 2.97. The Morgan fingerprint density at radius 3 is 2.31 bits per heavy atom. The molecule has 1 unspecified atom stereocenters. The van der Waals surface area contributed by atoms with E-state index in [2.05, 4.69) is 11.1 Å². The van der Waals surface area contributed by atoms with Crippen LogP contribution in [0.15, 0.2) is 61.1 Å². The lowest BCUT2D eigenvalue weighted by molar-refractivity contribution is 0.437. The molecule has 1 aliphatic rings. The van der Waals surface area contributed by atoms with Gasteiger partial charge in [0.15, 0.2) is 17.1 Å². The van der Waals surface area contributed by atoms with Crippen LogP contribution in [0.5, 0.6) is 5.75 Å². The molecule has 3 aromatic rings.